The number of carbonyl (C=O) groups is 3. The Balaban J connectivity index is 1.20. The van der Waals surface area contributed by atoms with Gasteiger partial charge in [-0.1, -0.05) is 76.6 Å². The van der Waals surface area contributed by atoms with Crippen LogP contribution in [0.25, 0.3) is 0 Å². The lowest BCUT2D eigenvalue weighted by atomic mass is 9.38. The molecule has 7 rings (SSSR count). The maximum absolute atomic E-state index is 15.3. The fraction of sp³-hybridized carbons (Fsp3) is 0.681. The molecular weight excluding hydrogens is 657 g/mol. The third-order valence-electron chi connectivity index (χ3n) is 15.9. The molecule has 0 bridgehead atoms. The van der Waals surface area contributed by atoms with Crippen LogP contribution in [-0.2, 0) is 20.9 Å². The summed E-state index contributed by atoms with van der Waals surface area (Å²) in [7, 11) is 4.14. The van der Waals surface area contributed by atoms with Crippen molar-refractivity contribution in [3.63, 3.8) is 0 Å². The molecular formula is C47H66N2O4. The second kappa shape index (κ2) is 14.3. The van der Waals surface area contributed by atoms with Crippen molar-refractivity contribution in [1.29, 1.82) is 0 Å². The Bertz CT molecular complexity index is 1720. The lowest BCUT2D eigenvalue weighted by Gasteiger charge is -2.66. The molecule has 1 N–H and O–H groups in total. The first-order chi connectivity index (χ1) is 25.1. The van der Waals surface area contributed by atoms with Crippen molar-refractivity contribution >= 4 is 17.7 Å². The number of fused-ring (bicyclic) bond motifs is 7. The largest absolute Gasteiger partial charge is 0.481 e. The van der Waals surface area contributed by atoms with E-state index in [-0.39, 0.29) is 40.3 Å². The van der Waals surface area contributed by atoms with Crippen LogP contribution in [0.1, 0.15) is 116 Å². The van der Waals surface area contributed by atoms with Gasteiger partial charge in [-0.25, -0.2) is 0 Å². The summed E-state index contributed by atoms with van der Waals surface area (Å²) in [5.41, 5.74) is 7.17. The highest BCUT2D eigenvalue weighted by Crippen LogP contribution is 2.72. The summed E-state index contributed by atoms with van der Waals surface area (Å²) < 4.78 is 0. The van der Waals surface area contributed by atoms with Crippen LogP contribution in [0, 0.1) is 64.6 Å². The van der Waals surface area contributed by atoms with Crippen molar-refractivity contribution < 1.29 is 19.5 Å². The number of aryl methyl sites for hydroxylation is 1. The number of Topliss-reactive ketones (excluding diaryl/α,β-unsaturated/α-hetero) is 1. The number of ketones is 1. The van der Waals surface area contributed by atoms with E-state index < -0.39 is 11.4 Å². The average Bonchev–Trinajstić information content (AvgIpc) is 3.44. The standard InChI is InChI=1S/C47H66N2O4/c1-29(2)41-39(50)27-47(44(53)49(26-25-48(7)8)28-32-11-9-30(3)10-12-32)24-21-38-36(42(41)47)17-18-40-45(5)22-19-35(31(4)37(45)20-23-46(38,40)6)33-13-15-34(16-14-33)43(51)52/h9-13,19,29,31,34,36-38,40H,14-18,20-28H2,1-8H3,(H,51,52). The molecule has 288 valence electrons. The summed E-state index contributed by atoms with van der Waals surface area (Å²) >= 11 is 0. The molecule has 0 heterocycles. The molecule has 3 saturated carbocycles. The number of carboxylic acid groups (broad SMARTS) is 1. The maximum atomic E-state index is 15.3. The summed E-state index contributed by atoms with van der Waals surface area (Å²) in [6.45, 7) is 16.1. The lowest BCUT2D eigenvalue weighted by Crippen LogP contribution is -2.60. The van der Waals surface area contributed by atoms with Gasteiger partial charge in [0.05, 0.1) is 11.3 Å². The Morgan fingerprint density at radius 1 is 0.925 bits per heavy atom. The lowest BCUT2D eigenvalue weighted by molar-refractivity contribution is -0.158. The fourth-order valence-electron chi connectivity index (χ4n) is 13.3. The zero-order valence-electron chi connectivity index (χ0n) is 34.0. The quantitative estimate of drug-likeness (QED) is 0.275. The molecule has 6 nitrogen and oxygen atoms in total. The summed E-state index contributed by atoms with van der Waals surface area (Å²) in [4.78, 5) is 45.4. The predicted molar refractivity (Wildman–Crippen MR) is 212 cm³/mol. The van der Waals surface area contributed by atoms with Crippen LogP contribution in [0.2, 0.25) is 0 Å². The summed E-state index contributed by atoms with van der Waals surface area (Å²) in [6, 6.07) is 8.58. The average molecular weight is 723 g/mol. The number of allylic oxidation sites excluding steroid dienone is 5. The summed E-state index contributed by atoms with van der Waals surface area (Å²) in [5, 5.41) is 9.58. The second-order valence-electron chi connectivity index (χ2n) is 19.4. The highest BCUT2D eigenvalue weighted by atomic mass is 16.4. The van der Waals surface area contributed by atoms with Gasteiger partial charge in [0.15, 0.2) is 5.78 Å². The van der Waals surface area contributed by atoms with E-state index in [4.69, 9.17) is 0 Å². The minimum atomic E-state index is -0.719. The van der Waals surface area contributed by atoms with Gasteiger partial charge in [-0.3, -0.25) is 14.4 Å². The zero-order valence-corrected chi connectivity index (χ0v) is 34.0. The molecule has 6 aliphatic rings. The molecule has 9 atom stereocenters. The molecule has 0 spiro atoms. The van der Waals surface area contributed by atoms with Crippen molar-refractivity contribution in [3.8, 4) is 0 Å². The molecule has 6 aliphatic carbocycles. The molecule has 6 heteroatoms. The van der Waals surface area contributed by atoms with Gasteiger partial charge in [0, 0.05) is 26.1 Å². The van der Waals surface area contributed by atoms with Gasteiger partial charge < -0.3 is 14.9 Å². The van der Waals surface area contributed by atoms with E-state index in [1.807, 2.05) is 0 Å². The van der Waals surface area contributed by atoms with Crippen LogP contribution in [0.4, 0.5) is 0 Å². The fourth-order valence-corrected chi connectivity index (χ4v) is 13.3. The number of carbonyl (C=O) groups excluding carboxylic acids is 2. The number of carboxylic acids is 1. The van der Waals surface area contributed by atoms with Crippen LogP contribution in [0.5, 0.6) is 0 Å². The molecule has 9 unspecified atom stereocenters. The van der Waals surface area contributed by atoms with Gasteiger partial charge in [0.2, 0.25) is 5.91 Å². The van der Waals surface area contributed by atoms with Gasteiger partial charge in [-0.05, 0) is 159 Å². The highest BCUT2D eigenvalue weighted by molar-refractivity contribution is 6.06. The second-order valence-corrected chi connectivity index (χ2v) is 19.4. The van der Waals surface area contributed by atoms with Crippen molar-refractivity contribution in [2.45, 2.75) is 119 Å². The van der Waals surface area contributed by atoms with Crippen LogP contribution in [-0.4, -0.2) is 59.8 Å². The monoisotopic (exact) mass is 723 g/mol. The van der Waals surface area contributed by atoms with E-state index >= 15 is 4.79 Å². The zero-order chi connectivity index (χ0) is 38.0. The van der Waals surface area contributed by atoms with Crippen molar-refractivity contribution in [2.24, 2.45) is 57.7 Å². The van der Waals surface area contributed by atoms with Crippen molar-refractivity contribution in [2.75, 3.05) is 27.2 Å². The summed E-state index contributed by atoms with van der Waals surface area (Å²) in [5.74, 6) is 2.09. The van der Waals surface area contributed by atoms with E-state index in [0.717, 1.165) is 62.6 Å². The molecule has 1 aromatic carbocycles. The van der Waals surface area contributed by atoms with Crippen LogP contribution in [0.3, 0.4) is 0 Å². The molecule has 3 fully saturated rings. The Kier molecular flexibility index (Phi) is 10.3. The predicted octanol–water partition coefficient (Wildman–Crippen LogP) is 9.43. The number of benzene rings is 1. The number of likely N-dealkylation sites (N-methyl/N-ethyl adjacent to an activating group) is 1. The van der Waals surface area contributed by atoms with E-state index in [9.17, 15) is 14.7 Å². The maximum Gasteiger partial charge on any atom is 0.306 e. The third-order valence-corrected chi connectivity index (χ3v) is 15.9. The molecule has 1 aromatic rings. The van der Waals surface area contributed by atoms with Gasteiger partial charge >= 0.3 is 5.97 Å². The number of rotatable bonds is 9. The molecule has 0 radical (unpaired) electrons. The van der Waals surface area contributed by atoms with Gasteiger partial charge in [-0.2, -0.15) is 0 Å². The normalized spacial score (nSPS) is 36.7. The summed E-state index contributed by atoms with van der Waals surface area (Å²) in [6.07, 6.45) is 15.0. The Labute approximate surface area is 319 Å². The van der Waals surface area contributed by atoms with E-state index in [1.165, 1.54) is 35.1 Å². The van der Waals surface area contributed by atoms with Crippen molar-refractivity contribution in [1.82, 2.24) is 9.80 Å². The molecule has 53 heavy (non-hydrogen) atoms. The number of amides is 1. The van der Waals surface area contributed by atoms with Gasteiger partial charge in [0.1, 0.15) is 0 Å². The van der Waals surface area contributed by atoms with E-state index in [1.54, 1.807) is 0 Å². The first kappa shape index (κ1) is 38.3. The van der Waals surface area contributed by atoms with Gasteiger partial charge in [0.25, 0.3) is 0 Å². The van der Waals surface area contributed by atoms with Gasteiger partial charge in [-0.15, -0.1) is 0 Å². The number of hydrogen-bond acceptors (Lipinski definition) is 4. The highest BCUT2D eigenvalue weighted by Gasteiger charge is 2.66. The topological polar surface area (TPSA) is 77.9 Å². The van der Waals surface area contributed by atoms with Crippen molar-refractivity contribution in [3.05, 3.63) is 69.8 Å². The minimum absolute atomic E-state index is 0.111. The Morgan fingerprint density at radius 2 is 1.64 bits per heavy atom. The molecule has 0 saturated heterocycles. The number of nitrogens with zero attached hydrogens (tertiary/aromatic N) is 2. The molecule has 1 amide bonds. The van der Waals surface area contributed by atoms with E-state index in [2.05, 4.69) is 102 Å². The smallest absolute Gasteiger partial charge is 0.306 e. The first-order valence-electron chi connectivity index (χ1n) is 21.0. The molecule has 0 aliphatic heterocycles. The molecule has 0 aromatic heterocycles. The van der Waals surface area contributed by atoms with E-state index in [0.29, 0.717) is 49.6 Å². The van der Waals surface area contributed by atoms with Crippen LogP contribution >= 0.6 is 0 Å². The minimum Gasteiger partial charge on any atom is -0.481 e. The SMILES string of the molecule is Cc1ccc(CN(CCN(C)C)C(=O)C23CCC4C(CCC5C6(C)CC=C(C7=CCC(C(=O)O)CC7)C(C)C6CCC45C)C2=C(C(C)C)C(=O)C3)cc1. The number of hydrogen-bond donors (Lipinski definition) is 1. The third kappa shape index (κ3) is 6.41. The Hall–Kier alpha value is -2.99. The van der Waals surface area contributed by atoms with Crippen LogP contribution in [0.15, 0.2) is 58.7 Å². The number of aliphatic carboxylic acids is 1. The Morgan fingerprint density at radius 3 is 2.28 bits per heavy atom. The first-order valence-corrected chi connectivity index (χ1v) is 21.0. The van der Waals surface area contributed by atoms with Crippen LogP contribution < -0.4 is 0 Å².